The van der Waals surface area contributed by atoms with Crippen molar-refractivity contribution in [2.24, 2.45) is 11.8 Å². The van der Waals surface area contributed by atoms with E-state index in [0.717, 1.165) is 11.3 Å². The van der Waals surface area contributed by atoms with Gasteiger partial charge in [-0.2, -0.15) is 0 Å². The maximum atomic E-state index is 12.7. The molecule has 0 unspecified atom stereocenters. The molecule has 0 radical (unpaired) electrons. The largest absolute Gasteiger partial charge is 0.490 e. The van der Waals surface area contributed by atoms with Gasteiger partial charge in [0, 0.05) is 18.2 Å². The van der Waals surface area contributed by atoms with Gasteiger partial charge in [0.25, 0.3) is 0 Å². The first-order chi connectivity index (χ1) is 13.1. The lowest BCUT2D eigenvalue weighted by Gasteiger charge is -2.22. The number of imide groups is 1. The molecule has 1 aliphatic carbocycles. The zero-order chi connectivity index (χ0) is 19.0. The lowest BCUT2D eigenvalue weighted by atomic mass is 9.85. The molecule has 0 saturated carbocycles. The summed E-state index contributed by atoms with van der Waals surface area (Å²) in [6, 6.07) is 4.29. The number of carbonyl (C=O) groups is 3. The molecule has 27 heavy (non-hydrogen) atoms. The fraction of sp³-hybridized carbons (Fsp3) is 0.450. The molecule has 3 amide bonds. The zero-order valence-electron chi connectivity index (χ0n) is 15.1. The number of allylic oxidation sites excluding steroid dienone is 2. The van der Waals surface area contributed by atoms with Gasteiger partial charge in [0.1, 0.15) is 6.04 Å². The second kappa shape index (κ2) is 7.06. The van der Waals surface area contributed by atoms with Crippen molar-refractivity contribution in [1.29, 1.82) is 0 Å². The number of hydrogen-bond acceptors (Lipinski definition) is 5. The molecule has 0 bridgehead atoms. The molecule has 4 rings (SSSR count). The Morgan fingerprint density at radius 1 is 1.07 bits per heavy atom. The Labute approximate surface area is 157 Å². The van der Waals surface area contributed by atoms with Crippen LogP contribution in [0.25, 0.3) is 0 Å². The Balaban J connectivity index is 1.48. The molecule has 2 heterocycles. The molecule has 1 fully saturated rings. The Morgan fingerprint density at radius 2 is 1.70 bits per heavy atom. The maximum Gasteiger partial charge on any atom is 0.247 e. The summed E-state index contributed by atoms with van der Waals surface area (Å²) < 4.78 is 11.2. The van der Waals surface area contributed by atoms with E-state index in [1.54, 1.807) is 25.1 Å². The fourth-order valence-electron chi connectivity index (χ4n) is 3.81. The van der Waals surface area contributed by atoms with Gasteiger partial charge in [-0.1, -0.05) is 12.2 Å². The quantitative estimate of drug-likeness (QED) is 0.651. The highest BCUT2D eigenvalue weighted by Crippen LogP contribution is 2.36. The van der Waals surface area contributed by atoms with Crippen LogP contribution in [0.4, 0.5) is 5.69 Å². The minimum Gasteiger partial charge on any atom is -0.490 e. The van der Waals surface area contributed by atoms with Crippen LogP contribution in [0.15, 0.2) is 30.4 Å². The molecule has 2 aliphatic heterocycles. The van der Waals surface area contributed by atoms with Crippen LogP contribution in [0.5, 0.6) is 11.5 Å². The summed E-state index contributed by atoms with van der Waals surface area (Å²) in [5.74, 6) is -0.376. The second-order valence-electron chi connectivity index (χ2n) is 7.08. The molecule has 1 aromatic carbocycles. The first-order valence-electron chi connectivity index (χ1n) is 9.28. The molecule has 142 valence electrons. The van der Waals surface area contributed by atoms with E-state index >= 15 is 0 Å². The highest BCUT2D eigenvalue weighted by molar-refractivity contribution is 6.10. The van der Waals surface area contributed by atoms with Gasteiger partial charge in [-0.3, -0.25) is 19.3 Å². The molecule has 1 saturated heterocycles. The molecular weight excluding hydrogens is 348 g/mol. The standard InChI is InChI=1S/C20H22N2O5/c1-12(22-19(24)14-5-2-3-6-15(14)20(22)25)18(23)21-13-7-8-16-17(11-13)27-10-4-9-26-16/h2-3,7-8,11-12,14-15H,4-6,9-10H2,1H3,(H,21,23)/t12-,14-,15+/m0/s1. The van der Waals surface area contributed by atoms with Gasteiger partial charge in [-0.15, -0.1) is 0 Å². The third kappa shape index (κ3) is 3.18. The van der Waals surface area contributed by atoms with Gasteiger partial charge in [0.2, 0.25) is 17.7 Å². The van der Waals surface area contributed by atoms with Crippen LogP contribution >= 0.6 is 0 Å². The molecule has 1 N–H and O–H groups in total. The topological polar surface area (TPSA) is 84.9 Å². The molecule has 0 aromatic heterocycles. The number of anilines is 1. The smallest absolute Gasteiger partial charge is 0.247 e. The summed E-state index contributed by atoms with van der Waals surface area (Å²) in [5.41, 5.74) is 0.536. The van der Waals surface area contributed by atoms with E-state index in [2.05, 4.69) is 5.32 Å². The molecule has 3 atom stereocenters. The van der Waals surface area contributed by atoms with Gasteiger partial charge in [-0.05, 0) is 31.9 Å². The van der Waals surface area contributed by atoms with E-state index < -0.39 is 11.9 Å². The highest BCUT2D eigenvalue weighted by atomic mass is 16.5. The van der Waals surface area contributed by atoms with Crippen molar-refractivity contribution in [2.75, 3.05) is 18.5 Å². The Morgan fingerprint density at radius 3 is 2.37 bits per heavy atom. The third-order valence-corrected chi connectivity index (χ3v) is 5.32. The molecule has 1 aromatic rings. The molecule has 7 heteroatoms. The summed E-state index contributed by atoms with van der Waals surface area (Å²) in [7, 11) is 0. The summed E-state index contributed by atoms with van der Waals surface area (Å²) in [6.07, 6.45) is 5.77. The molecule has 3 aliphatic rings. The maximum absolute atomic E-state index is 12.7. The molecule has 7 nitrogen and oxygen atoms in total. The van der Waals surface area contributed by atoms with E-state index in [-0.39, 0.29) is 23.7 Å². The number of nitrogens with zero attached hydrogens (tertiary/aromatic N) is 1. The van der Waals surface area contributed by atoms with Crippen molar-refractivity contribution >= 4 is 23.4 Å². The van der Waals surface area contributed by atoms with Crippen molar-refractivity contribution in [3.8, 4) is 11.5 Å². The van der Waals surface area contributed by atoms with E-state index in [9.17, 15) is 14.4 Å². The lowest BCUT2D eigenvalue weighted by Crippen LogP contribution is -2.46. The van der Waals surface area contributed by atoms with Gasteiger partial charge >= 0.3 is 0 Å². The van der Waals surface area contributed by atoms with E-state index in [0.29, 0.717) is 43.2 Å². The average molecular weight is 370 g/mol. The number of benzene rings is 1. The number of nitrogens with one attached hydrogen (secondary N) is 1. The van der Waals surface area contributed by atoms with Crippen LogP contribution in [-0.2, 0) is 14.4 Å². The normalized spacial score (nSPS) is 25.0. The van der Waals surface area contributed by atoms with Crippen molar-refractivity contribution < 1.29 is 23.9 Å². The SMILES string of the molecule is C[C@@H](C(=O)Nc1ccc2c(c1)OCCCO2)N1C(=O)[C@H]2CC=CC[C@H]2C1=O. The third-order valence-electron chi connectivity index (χ3n) is 5.32. The van der Waals surface area contributed by atoms with Crippen LogP contribution in [0, 0.1) is 11.8 Å². The number of rotatable bonds is 3. The number of carbonyl (C=O) groups excluding carboxylic acids is 3. The second-order valence-corrected chi connectivity index (χ2v) is 7.08. The molecular formula is C20H22N2O5. The first-order valence-corrected chi connectivity index (χ1v) is 9.28. The van der Waals surface area contributed by atoms with Crippen molar-refractivity contribution in [1.82, 2.24) is 4.90 Å². The lowest BCUT2D eigenvalue weighted by molar-refractivity contribution is -0.146. The predicted molar refractivity (Wildman–Crippen MR) is 97.3 cm³/mol. The van der Waals surface area contributed by atoms with E-state index in [1.807, 2.05) is 12.2 Å². The fourth-order valence-corrected chi connectivity index (χ4v) is 3.81. The Kier molecular flexibility index (Phi) is 4.59. The van der Waals surface area contributed by atoms with Crippen molar-refractivity contribution in [3.05, 3.63) is 30.4 Å². The number of amides is 3. The average Bonchev–Trinajstić information content (AvgIpc) is 2.82. The van der Waals surface area contributed by atoms with Gasteiger partial charge < -0.3 is 14.8 Å². The van der Waals surface area contributed by atoms with Crippen LogP contribution in [-0.4, -0.2) is 41.9 Å². The number of hydrogen-bond donors (Lipinski definition) is 1. The van der Waals surface area contributed by atoms with E-state index in [1.165, 1.54) is 0 Å². The zero-order valence-corrected chi connectivity index (χ0v) is 15.1. The summed E-state index contributed by atoms with van der Waals surface area (Å²) in [4.78, 5) is 39.1. The van der Waals surface area contributed by atoms with Crippen molar-refractivity contribution in [2.45, 2.75) is 32.2 Å². The van der Waals surface area contributed by atoms with Gasteiger partial charge in [0.05, 0.1) is 25.0 Å². The first kappa shape index (κ1) is 17.6. The Bertz CT molecular complexity index is 793. The minimum absolute atomic E-state index is 0.254. The number of fused-ring (bicyclic) bond motifs is 2. The summed E-state index contributed by atoms with van der Waals surface area (Å²) in [6.45, 7) is 2.72. The van der Waals surface area contributed by atoms with E-state index in [4.69, 9.17) is 9.47 Å². The Hall–Kier alpha value is -2.83. The minimum atomic E-state index is -0.869. The summed E-state index contributed by atoms with van der Waals surface area (Å²) in [5, 5.41) is 2.78. The number of likely N-dealkylation sites (tertiary alicyclic amines) is 1. The number of ether oxygens (including phenoxy) is 2. The molecule has 0 spiro atoms. The van der Waals surface area contributed by atoms with Gasteiger partial charge in [-0.25, -0.2) is 0 Å². The van der Waals surface area contributed by atoms with Crippen LogP contribution in [0.3, 0.4) is 0 Å². The van der Waals surface area contributed by atoms with Crippen molar-refractivity contribution in [3.63, 3.8) is 0 Å². The predicted octanol–water partition coefficient (Wildman–Crippen LogP) is 2.13. The highest BCUT2D eigenvalue weighted by Gasteiger charge is 2.50. The van der Waals surface area contributed by atoms with Crippen LogP contribution in [0.2, 0.25) is 0 Å². The van der Waals surface area contributed by atoms with Gasteiger partial charge in [0.15, 0.2) is 11.5 Å². The summed E-state index contributed by atoms with van der Waals surface area (Å²) >= 11 is 0. The van der Waals surface area contributed by atoms with Crippen LogP contribution in [0.1, 0.15) is 26.2 Å². The monoisotopic (exact) mass is 370 g/mol. The van der Waals surface area contributed by atoms with Crippen LogP contribution < -0.4 is 14.8 Å².